The summed E-state index contributed by atoms with van der Waals surface area (Å²) in [5, 5.41) is 5.42. The SMILES string of the molecule is CC(C)NC(=O)NC(B1OC(=O)CN(C)CC(=O)O1)c1ccccc1. The summed E-state index contributed by atoms with van der Waals surface area (Å²) < 4.78 is 10.6. The summed E-state index contributed by atoms with van der Waals surface area (Å²) >= 11 is 0. The van der Waals surface area contributed by atoms with E-state index in [9.17, 15) is 14.4 Å². The molecular weight excluding hydrogens is 325 g/mol. The number of hydrogen-bond acceptors (Lipinski definition) is 6. The second kappa shape index (κ2) is 8.52. The van der Waals surface area contributed by atoms with Crippen LogP contribution in [0, 0.1) is 0 Å². The lowest BCUT2D eigenvalue weighted by atomic mass is 9.73. The monoisotopic (exact) mass is 347 g/mol. The number of carbonyl (C=O) groups excluding carboxylic acids is 3. The van der Waals surface area contributed by atoms with Crippen LogP contribution in [-0.4, -0.2) is 56.2 Å². The molecule has 2 N–H and O–H groups in total. The Labute approximate surface area is 147 Å². The van der Waals surface area contributed by atoms with Crippen LogP contribution in [0.1, 0.15) is 25.4 Å². The zero-order valence-electron chi connectivity index (χ0n) is 14.5. The van der Waals surface area contributed by atoms with Crippen molar-refractivity contribution in [3.63, 3.8) is 0 Å². The van der Waals surface area contributed by atoms with Crippen molar-refractivity contribution in [3.05, 3.63) is 35.9 Å². The first-order valence-electron chi connectivity index (χ1n) is 8.04. The number of likely N-dealkylation sites (N-methyl/N-ethyl adjacent to an activating group) is 1. The summed E-state index contributed by atoms with van der Waals surface area (Å²) in [6.07, 6.45) is 0. The van der Waals surface area contributed by atoms with Crippen LogP contribution in [0.25, 0.3) is 0 Å². The molecule has 1 fully saturated rings. The molecule has 2 rings (SSSR count). The van der Waals surface area contributed by atoms with Gasteiger partial charge in [-0.15, -0.1) is 0 Å². The van der Waals surface area contributed by atoms with Gasteiger partial charge in [0.25, 0.3) is 0 Å². The Bertz CT molecular complexity index is 605. The molecule has 0 bridgehead atoms. The van der Waals surface area contributed by atoms with Crippen molar-refractivity contribution < 1.29 is 23.7 Å². The Morgan fingerprint density at radius 2 is 1.64 bits per heavy atom. The standard InChI is InChI=1S/C16H22BN3O5/c1-11(2)18-16(23)19-15(12-7-5-4-6-8-12)17-24-13(21)9-20(3)10-14(22)25-17/h4-8,11,15H,9-10H2,1-3H3,(H2,18,19,23). The molecule has 8 nitrogen and oxygen atoms in total. The molecule has 1 aromatic rings. The van der Waals surface area contributed by atoms with E-state index in [0.29, 0.717) is 5.56 Å². The predicted octanol–water partition coefficient (Wildman–Crippen LogP) is 0.495. The number of carbonyl (C=O) groups is 3. The molecule has 0 aliphatic carbocycles. The van der Waals surface area contributed by atoms with Gasteiger partial charge in [0, 0.05) is 6.04 Å². The maximum atomic E-state index is 12.1. The van der Waals surface area contributed by atoms with Gasteiger partial charge in [-0.1, -0.05) is 30.3 Å². The minimum Gasteiger partial charge on any atom is -0.497 e. The number of rotatable bonds is 4. The van der Waals surface area contributed by atoms with E-state index in [-0.39, 0.29) is 19.1 Å². The molecule has 1 heterocycles. The molecule has 1 atom stereocenters. The van der Waals surface area contributed by atoms with Crippen LogP contribution in [0.2, 0.25) is 0 Å². The van der Waals surface area contributed by atoms with E-state index in [1.807, 2.05) is 19.9 Å². The van der Waals surface area contributed by atoms with Crippen molar-refractivity contribution in [1.29, 1.82) is 0 Å². The number of urea groups is 1. The number of nitrogens with zero attached hydrogens (tertiary/aromatic N) is 1. The highest BCUT2D eigenvalue weighted by atomic mass is 16.6. The van der Waals surface area contributed by atoms with Crippen LogP contribution >= 0.6 is 0 Å². The van der Waals surface area contributed by atoms with Crippen LogP contribution in [0.5, 0.6) is 0 Å². The van der Waals surface area contributed by atoms with Gasteiger partial charge in [-0.3, -0.25) is 14.5 Å². The molecule has 1 aliphatic heterocycles. The molecule has 1 aliphatic rings. The van der Waals surface area contributed by atoms with Gasteiger partial charge in [0.05, 0.1) is 13.1 Å². The first kappa shape index (κ1) is 18.8. The summed E-state index contributed by atoms with van der Waals surface area (Å²) in [7, 11) is 0.375. The smallest absolute Gasteiger partial charge is 0.497 e. The molecule has 1 unspecified atom stereocenters. The lowest BCUT2D eigenvalue weighted by Crippen LogP contribution is -2.51. The lowest BCUT2D eigenvalue weighted by Gasteiger charge is -2.28. The van der Waals surface area contributed by atoms with Gasteiger partial charge >= 0.3 is 25.1 Å². The third kappa shape index (κ3) is 5.79. The Kier molecular flexibility index (Phi) is 6.41. The fraction of sp³-hybridized carbons (Fsp3) is 0.438. The highest BCUT2D eigenvalue weighted by Gasteiger charge is 2.41. The van der Waals surface area contributed by atoms with Gasteiger partial charge in [-0.25, -0.2) is 4.79 Å². The van der Waals surface area contributed by atoms with E-state index < -0.39 is 31.0 Å². The van der Waals surface area contributed by atoms with Crippen LogP contribution < -0.4 is 10.6 Å². The highest BCUT2D eigenvalue weighted by Crippen LogP contribution is 2.19. The minimum absolute atomic E-state index is 0.0364. The van der Waals surface area contributed by atoms with Crippen molar-refractivity contribution in [2.75, 3.05) is 20.1 Å². The molecule has 0 radical (unpaired) electrons. The topological polar surface area (TPSA) is 97.0 Å². The number of amides is 2. The van der Waals surface area contributed by atoms with Crippen molar-refractivity contribution in [1.82, 2.24) is 15.5 Å². The van der Waals surface area contributed by atoms with Gasteiger partial charge < -0.3 is 19.9 Å². The first-order chi connectivity index (χ1) is 11.8. The number of benzene rings is 1. The lowest BCUT2D eigenvalue weighted by molar-refractivity contribution is -0.146. The molecule has 0 aromatic heterocycles. The third-order valence-corrected chi connectivity index (χ3v) is 3.43. The van der Waals surface area contributed by atoms with Crippen molar-refractivity contribution in [2.45, 2.75) is 25.8 Å². The summed E-state index contributed by atoms with van der Waals surface area (Å²) in [6, 6.07) is 8.37. The number of nitrogens with one attached hydrogen (secondary N) is 2. The molecule has 134 valence electrons. The van der Waals surface area contributed by atoms with Crippen LogP contribution in [-0.2, 0) is 18.9 Å². The summed E-state index contributed by atoms with van der Waals surface area (Å²) in [5.74, 6) is -1.89. The molecule has 1 aromatic carbocycles. The molecule has 1 saturated heterocycles. The van der Waals surface area contributed by atoms with Crippen molar-refractivity contribution >= 4 is 25.1 Å². The van der Waals surface area contributed by atoms with Gasteiger partial charge in [-0.2, -0.15) is 0 Å². The fourth-order valence-electron chi connectivity index (χ4n) is 2.40. The van der Waals surface area contributed by atoms with Gasteiger partial charge in [0.1, 0.15) is 5.94 Å². The molecule has 2 amide bonds. The maximum Gasteiger partial charge on any atom is 0.627 e. The largest absolute Gasteiger partial charge is 0.627 e. The zero-order chi connectivity index (χ0) is 18.4. The average Bonchev–Trinajstić information content (AvgIpc) is 2.50. The van der Waals surface area contributed by atoms with E-state index in [1.165, 1.54) is 4.90 Å². The van der Waals surface area contributed by atoms with Crippen LogP contribution in [0.4, 0.5) is 4.79 Å². The van der Waals surface area contributed by atoms with Crippen LogP contribution in [0.15, 0.2) is 30.3 Å². The average molecular weight is 347 g/mol. The minimum atomic E-state index is -1.24. The molecule has 25 heavy (non-hydrogen) atoms. The third-order valence-electron chi connectivity index (χ3n) is 3.43. The summed E-state index contributed by atoms with van der Waals surface area (Å²) in [6.45, 7) is 3.57. The summed E-state index contributed by atoms with van der Waals surface area (Å²) in [5.41, 5.74) is 0.654. The second-order valence-electron chi connectivity index (χ2n) is 6.18. The predicted molar refractivity (Wildman–Crippen MR) is 91.4 cm³/mol. The van der Waals surface area contributed by atoms with Crippen molar-refractivity contribution in [3.8, 4) is 0 Å². The fourth-order valence-corrected chi connectivity index (χ4v) is 2.40. The zero-order valence-corrected chi connectivity index (χ0v) is 14.5. The summed E-state index contributed by atoms with van der Waals surface area (Å²) in [4.78, 5) is 37.6. The van der Waals surface area contributed by atoms with E-state index in [2.05, 4.69) is 10.6 Å². The van der Waals surface area contributed by atoms with Gasteiger partial charge in [0.15, 0.2) is 0 Å². The van der Waals surface area contributed by atoms with E-state index in [0.717, 1.165) is 0 Å². The molecular formula is C16H22BN3O5. The number of hydrogen-bond donors (Lipinski definition) is 2. The Morgan fingerprint density at radius 1 is 1.08 bits per heavy atom. The molecule has 0 spiro atoms. The second-order valence-corrected chi connectivity index (χ2v) is 6.18. The Hall–Kier alpha value is -2.55. The van der Waals surface area contributed by atoms with E-state index in [4.69, 9.17) is 9.31 Å². The molecule has 9 heteroatoms. The maximum absolute atomic E-state index is 12.1. The highest BCUT2D eigenvalue weighted by molar-refractivity contribution is 6.51. The van der Waals surface area contributed by atoms with Crippen molar-refractivity contribution in [2.24, 2.45) is 0 Å². The van der Waals surface area contributed by atoms with Gasteiger partial charge in [-0.05, 0) is 26.5 Å². The van der Waals surface area contributed by atoms with Crippen LogP contribution in [0.3, 0.4) is 0 Å². The normalized spacial score (nSPS) is 17.2. The quantitative estimate of drug-likeness (QED) is 0.770. The van der Waals surface area contributed by atoms with Gasteiger partial charge in [0.2, 0.25) is 0 Å². The van der Waals surface area contributed by atoms with E-state index in [1.54, 1.807) is 31.3 Å². The Balaban J connectivity index is 2.24. The Morgan fingerprint density at radius 3 is 2.16 bits per heavy atom. The molecule has 0 saturated carbocycles. The first-order valence-corrected chi connectivity index (χ1v) is 8.04. The van der Waals surface area contributed by atoms with E-state index >= 15 is 0 Å².